The van der Waals surface area contributed by atoms with E-state index in [0.717, 1.165) is 12.8 Å². The zero-order valence-corrected chi connectivity index (χ0v) is 7.91. The summed E-state index contributed by atoms with van der Waals surface area (Å²) in [6, 6.07) is 0. The van der Waals surface area contributed by atoms with Gasteiger partial charge in [0.15, 0.2) is 0 Å². The molecule has 1 unspecified atom stereocenters. The molecule has 0 fully saturated rings. The summed E-state index contributed by atoms with van der Waals surface area (Å²) in [5, 5.41) is 10.3. The van der Waals surface area contributed by atoms with Gasteiger partial charge in [-0.15, -0.1) is 12.4 Å². The third-order valence-electron chi connectivity index (χ3n) is 1.09. The molecule has 1 atom stereocenters. The second-order valence-electron chi connectivity index (χ2n) is 2.06. The number of carboxylic acid groups (broad SMARTS) is 1. The number of amides is 1. The average molecular weight is 202 g/mol. The Hall–Kier alpha value is -0.150. The normalized spacial score (nSPS) is 11.5. The van der Waals surface area contributed by atoms with Crippen LogP contribution in [0.1, 0.15) is 26.2 Å². The Balaban J connectivity index is 0. The molecule has 0 aliphatic carbocycles. The van der Waals surface area contributed by atoms with Crippen LogP contribution in [0.15, 0.2) is 0 Å². The maximum Gasteiger partial charge on any atom is 0.405 e. The van der Waals surface area contributed by atoms with E-state index < -0.39 is 11.6 Å². The molecule has 0 saturated carbocycles. The van der Waals surface area contributed by atoms with Gasteiger partial charge in [-0.25, -0.2) is 4.79 Å². The van der Waals surface area contributed by atoms with Crippen LogP contribution in [0.3, 0.4) is 0 Å². The van der Waals surface area contributed by atoms with Crippen LogP contribution in [-0.2, 0) is 0 Å². The first kappa shape index (κ1) is 13.4. The van der Waals surface area contributed by atoms with Crippen molar-refractivity contribution >= 4 is 30.1 Å². The second-order valence-corrected chi connectivity index (χ2v) is 2.59. The highest BCUT2D eigenvalue weighted by Crippen LogP contribution is 2.03. The third kappa shape index (κ3) is 9.85. The minimum atomic E-state index is -1.06. The van der Waals surface area contributed by atoms with E-state index in [1.807, 2.05) is 6.92 Å². The minimum absolute atomic E-state index is 0. The highest BCUT2D eigenvalue weighted by molar-refractivity contribution is 6.21. The summed E-state index contributed by atoms with van der Waals surface area (Å²) >= 11 is 5.56. The Bertz CT molecular complexity index is 111. The molecule has 0 saturated heterocycles. The van der Waals surface area contributed by atoms with Gasteiger partial charge in [-0.3, -0.25) is 0 Å². The molecule has 2 N–H and O–H groups in total. The fraction of sp³-hybridized carbons (Fsp3) is 0.833. The lowest BCUT2D eigenvalue weighted by atomic mass is 10.2. The first-order valence-corrected chi connectivity index (χ1v) is 3.74. The zero-order chi connectivity index (χ0) is 7.98. The monoisotopic (exact) mass is 201 g/mol. The fourth-order valence-corrected chi connectivity index (χ4v) is 0.837. The molecule has 0 heterocycles. The molecule has 0 aromatic rings. The van der Waals surface area contributed by atoms with Crippen LogP contribution in [0.5, 0.6) is 0 Å². The van der Waals surface area contributed by atoms with Crippen molar-refractivity contribution in [1.29, 1.82) is 0 Å². The van der Waals surface area contributed by atoms with Crippen molar-refractivity contribution < 1.29 is 9.90 Å². The van der Waals surface area contributed by atoms with Gasteiger partial charge in [0.25, 0.3) is 0 Å². The van der Waals surface area contributed by atoms with E-state index in [4.69, 9.17) is 16.7 Å². The molecule has 0 spiro atoms. The Kier molecular flexibility index (Phi) is 9.72. The van der Waals surface area contributed by atoms with Gasteiger partial charge in [-0.1, -0.05) is 31.4 Å². The molecule has 0 aromatic carbocycles. The first-order chi connectivity index (χ1) is 4.66. The Morgan fingerprint density at radius 1 is 1.73 bits per heavy atom. The number of rotatable bonds is 4. The average Bonchev–Trinajstić information content (AvgIpc) is 1.82. The highest BCUT2D eigenvalue weighted by atomic mass is 35.5. The molecule has 0 bridgehead atoms. The van der Waals surface area contributed by atoms with Gasteiger partial charge < -0.3 is 10.4 Å². The lowest BCUT2D eigenvalue weighted by Crippen LogP contribution is -2.28. The molecular formula is C6H13Cl2NO2. The smallest absolute Gasteiger partial charge is 0.405 e. The van der Waals surface area contributed by atoms with Gasteiger partial charge in [0, 0.05) is 0 Å². The van der Waals surface area contributed by atoms with Crippen LogP contribution in [0.2, 0.25) is 0 Å². The number of unbranched alkanes of at least 4 members (excludes halogenated alkanes) is 1. The van der Waals surface area contributed by atoms with Crippen molar-refractivity contribution in [3.05, 3.63) is 0 Å². The largest absolute Gasteiger partial charge is 0.465 e. The second kappa shape index (κ2) is 7.95. The van der Waals surface area contributed by atoms with Crippen LogP contribution in [0.25, 0.3) is 0 Å². The number of halogens is 2. The molecule has 0 aliphatic heterocycles. The first-order valence-electron chi connectivity index (χ1n) is 3.30. The Morgan fingerprint density at radius 2 is 2.27 bits per heavy atom. The van der Waals surface area contributed by atoms with Crippen molar-refractivity contribution in [2.75, 3.05) is 0 Å². The number of alkyl halides is 1. The van der Waals surface area contributed by atoms with Crippen molar-refractivity contribution in [1.82, 2.24) is 5.32 Å². The van der Waals surface area contributed by atoms with E-state index in [2.05, 4.69) is 5.32 Å². The summed E-state index contributed by atoms with van der Waals surface area (Å²) in [7, 11) is 0. The van der Waals surface area contributed by atoms with Crippen LogP contribution in [0.4, 0.5) is 4.79 Å². The summed E-state index contributed by atoms with van der Waals surface area (Å²) in [6.07, 6.45) is 1.62. The number of carbonyl (C=O) groups is 1. The van der Waals surface area contributed by atoms with Crippen molar-refractivity contribution in [2.24, 2.45) is 0 Å². The van der Waals surface area contributed by atoms with Crippen LogP contribution < -0.4 is 5.32 Å². The van der Waals surface area contributed by atoms with Crippen LogP contribution in [0, 0.1) is 0 Å². The van der Waals surface area contributed by atoms with Gasteiger partial charge in [0.05, 0.1) is 0 Å². The SMILES string of the molecule is CCCCC(Cl)NC(=O)O.Cl. The maximum absolute atomic E-state index is 9.98. The predicted molar refractivity (Wildman–Crippen MR) is 47.6 cm³/mol. The maximum atomic E-state index is 9.98. The van der Waals surface area contributed by atoms with Gasteiger partial charge in [0.1, 0.15) is 5.50 Å². The Morgan fingerprint density at radius 3 is 2.64 bits per heavy atom. The molecule has 1 amide bonds. The number of hydrogen-bond donors (Lipinski definition) is 2. The number of hydrogen-bond acceptors (Lipinski definition) is 1. The fourth-order valence-electron chi connectivity index (χ4n) is 0.589. The summed E-state index contributed by atoms with van der Waals surface area (Å²) in [4.78, 5) is 9.98. The Labute approximate surface area is 77.5 Å². The van der Waals surface area contributed by atoms with Gasteiger partial charge in [-0.2, -0.15) is 0 Å². The van der Waals surface area contributed by atoms with Gasteiger partial charge in [0.2, 0.25) is 0 Å². The molecule has 11 heavy (non-hydrogen) atoms. The molecule has 0 rings (SSSR count). The zero-order valence-electron chi connectivity index (χ0n) is 6.34. The van der Waals surface area contributed by atoms with Crippen LogP contribution >= 0.6 is 24.0 Å². The standard InChI is InChI=1S/C6H12ClNO2.ClH/c1-2-3-4-5(7)8-6(9)10;/h5,8H,2-4H2,1H3,(H,9,10);1H. The quantitative estimate of drug-likeness (QED) is 0.543. The summed E-state index contributed by atoms with van der Waals surface area (Å²) in [5.41, 5.74) is -0.433. The van der Waals surface area contributed by atoms with Crippen LogP contribution in [-0.4, -0.2) is 16.7 Å². The van der Waals surface area contributed by atoms with Gasteiger partial charge in [-0.05, 0) is 6.42 Å². The predicted octanol–water partition coefficient (Wildman–Crippen LogP) is 2.43. The molecule has 0 aromatic heterocycles. The van der Waals surface area contributed by atoms with Crippen molar-refractivity contribution in [2.45, 2.75) is 31.7 Å². The highest BCUT2D eigenvalue weighted by Gasteiger charge is 2.04. The molecule has 0 radical (unpaired) electrons. The van der Waals surface area contributed by atoms with E-state index in [-0.39, 0.29) is 12.4 Å². The van der Waals surface area contributed by atoms with E-state index in [9.17, 15) is 4.79 Å². The molecule has 0 aliphatic rings. The summed E-state index contributed by atoms with van der Waals surface area (Å²) in [6.45, 7) is 2.03. The van der Waals surface area contributed by atoms with E-state index in [1.54, 1.807) is 0 Å². The van der Waals surface area contributed by atoms with E-state index in [1.165, 1.54) is 0 Å². The summed E-state index contributed by atoms with van der Waals surface area (Å²) < 4.78 is 0. The van der Waals surface area contributed by atoms with Crippen molar-refractivity contribution in [3.8, 4) is 0 Å². The third-order valence-corrected chi connectivity index (χ3v) is 1.42. The minimum Gasteiger partial charge on any atom is -0.465 e. The molecule has 5 heteroatoms. The van der Waals surface area contributed by atoms with Crippen molar-refractivity contribution in [3.63, 3.8) is 0 Å². The lowest BCUT2D eigenvalue weighted by Gasteiger charge is -2.06. The van der Waals surface area contributed by atoms with Gasteiger partial charge >= 0.3 is 6.09 Å². The molecule has 68 valence electrons. The lowest BCUT2D eigenvalue weighted by molar-refractivity contribution is 0.193. The van der Waals surface area contributed by atoms with E-state index >= 15 is 0 Å². The topological polar surface area (TPSA) is 49.3 Å². The van der Waals surface area contributed by atoms with E-state index in [0.29, 0.717) is 6.42 Å². The number of nitrogens with one attached hydrogen (secondary N) is 1. The summed E-state index contributed by atoms with van der Waals surface area (Å²) in [5.74, 6) is 0. The molecular weight excluding hydrogens is 189 g/mol. The molecule has 3 nitrogen and oxygen atoms in total.